The topological polar surface area (TPSA) is 56.8 Å². The van der Waals surface area contributed by atoms with E-state index in [0.29, 0.717) is 21.7 Å². The van der Waals surface area contributed by atoms with Crippen LogP contribution in [0.5, 0.6) is 17.2 Å². The van der Waals surface area contributed by atoms with Crippen molar-refractivity contribution in [1.82, 2.24) is 0 Å². The molecule has 0 saturated carbocycles. The Morgan fingerprint density at radius 2 is 1.72 bits per heavy atom. The largest absolute Gasteiger partial charge is 0.495 e. The summed E-state index contributed by atoms with van der Waals surface area (Å²) in [6.07, 6.45) is 0. The van der Waals surface area contributed by atoms with E-state index in [1.54, 1.807) is 0 Å². The Morgan fingerprint density at radius 3 is 2.20 bits per heavy atom. The lowest BCUT2D eigenvalue weighted by Gasteiger charge is -2.12. The molecule has 9 heteroatoms. The fourth-order valence-electron chi connectivity index (χ4n) is 1.97. The van der Waals surface area contributed by atoms with E-state index in [2.05, 4.69) is 26.0 Å². The Hall–Kier alpha value is -2.06. The van der Waals surface area contributed by atoms with Crippen molar-refractivity contribution >= 4 is 39.1 Å². The third kappa shape index (κ3) is 4.73. The third-order valence-electron chi connectivity index (χ3n) is 3.11. The third-order valence-corrected chi connectivity index (χ3v) is 4.19. The average Bonchev–Trinajstić information content (AvgIpc) is 2.57. The van der Waals surface area contributed by atoms with Crippen LogP contribution in [-0.2, 0) is 0 Å². The smallest absolute Gasteiger partial charge is 0.387 e. The van der Waals surface area contributed by atoms with Gasteiger partial charge >= 0.3 is 6.61 Å². The van der Waals surface area contributed by atoms with E-state index < -0.39 is 12.5 Å². The summed E-state index contributed by atoms with van der Waals surface area (Å²) in [6.45, 7) is -2.99. The lowest BCUT2D eigenvalue weighted by atomic mass is 10.1. The Labute approximate surface area is 156 Å². The van der Waals surface area contributed by atoms with Crippen LogP contribution in [0.3, 0.4) is 0 Å². The average molecular weight is 437 g/mol. The number of ether oxygens (including phenoxy) is 3. The molecule has 2 rings (SSSR count). The number of benzene rings is 2. The molecule has 0 aliphatic carbocycles. The highest BCUT2D eigenvalue weighted by atomic mass is 79.9. The minimum Gasteiger partial charge on any atom is -0.495 e. The fraction of sp³-hybridized carbons (Fsp3) is 0.188. The molecule has 2 aromatic rings. The molecule has 0 bridgehead atoms. The van der Waals surface area contributed by atoms with Crippen LogP contribution in [0.2, 0.25) is 5.02 Å². The Bertz CT molecular complexity index is 764. The van der Waals surface area contributed by atoms with Crippen molar-refractivity contribution in [2.24, 2.45) is 0 Å². The van der Waals surface area contributed by atoms with E-state index in [9.17, 15) is 13.6 Å². The summed E-state index contributed by atoms with van der Waals surface area (Å²) >= 11 is 9.18. The van der Waals surface area contributed by atoms with E-state index in [-0.39, 0.29) is 16.3 Å². The van der Waals surface area contributed by atoms with Crippen LogP contribution in [0, 0.1) is 0 Å². The molecule has 0 saturated heterocycles. The van der Waals surface area contributed by atoms with Crippen LogP contribution in [0.25, 0.3) is 0 Å². The number of rotatable bonds is 6. The van der Waals surface area contributed by atoms with Gasteiger partial charge in [-0.2, -0.15) is 8.78 Å². The first-order valence-corrected chi connectivity index (χ1v) is 8.00. The molecule has 1 amide bonds. The normalized spacial score (nSPS) is 10.5. The summed E-state index contributed by atoms with van der Waals surface area (Å²) in [6, 6.07) is 7.00. The molecule has 5 nitrogen and oxygen atoms in total. The number of nitrogens with one attached hydrogen (secondary N) is 1. The van der Waals surface area contributed by atoms with Gasteiger partial charge in [0.2, 0.25) is 0 Å². The zero-order valence-corrected chi connectivity index (χ0v) is 15.5. The van der Waals surface area contributed by atoms with Crippen molar-refractivity contribution in [1.29, 1.82) is 0 Å². The van der Waals surface area contributed by atoms with Crippen LogP contribution in [0.15, 0.2) is 34.8 Å². The van der Waals surface area contributed by atoms with Crippen LogP contribution >= 0.6 is 27.5 Å². The van der Waals surface area contributed by atoms with Crippen LogP contribution < -0.4 is 19.5 Å². The number of hydrogen-bond acceptors (Lipinski definition) is 4. The van der Waals surface area contributed by atoms with Crippen LogP contribution in [-0.4, -0.2) is 26.7 Å². The molecule has 0 aromatic heterocycles. The molecular weight excluding hydrogens is 424 g/mol. The van der Waals surface area contributed by atoms with Crippen molar-refractivity contribution < 1.29 is 27.8 Å². The number of anilines is 1. The molecule has 2 aromatic carbocycles. The van der Waals surface area contributed by atoms with Gasteiger partial charge in [0.1, 0.15) is 21.7 Å². The molecule has 0 heterocycles. The highest BCUT2D eigenvalue weighted by molar-refractivity contribution is 9.10. The van der Waals surface area contributed by atoms with Gasteiger partial charge in [0.15, 0.2) is 0 Å². The second-order valence-corrected chi connectivity index (χ2v) is 5.87. The van der Waals surface area contributed by atoms with Crippen LogP contribution in [0.4, 0.5) is 14.5 Å². The van der Waals surface area contributed by atoms with Gasteiger partial charge in [-0.25, -0.2) is 0 Å². The predicted molar refractivity (Wildman–Crippen MR) is 93.3 cm³/mol. The quantitative estimate of drug-likeness (QED) is 0.694. The molecule has 134 valence electrons. The maximum atomic E-state index is 12.4. The first-order valence-electron chi connectivity index (χ1n) is 6.83. The Balaban J connectivity index is 2.24. The highest BCUT2D eigenvalue weighted by Gasteiger charge is 2.16. The van der Waals surface area contributed by atoms with Crippen molar-refractivity contribution in [3.05, 3.63) is 45.4 Å². The molecule has 0 spiro atoms. The zero-order chi connectivity index (χ0) is 18.6. The van der Waals surface area contributed by atoms with E-state index in [1.165, 1.54) is 44.6 Å². The van der Waals surface area contributed by atoms with Crippen molar-refractivity contribution in [3.63, 3.8) is 0 Å². The van der Waals surface area contributed by atoms with Gasteiger partial charge in [-0.1, -0.05) is 11.6 Å². The van der Waals surface area contributed by atoms with Crippen LogP contribution in [0.1, 0.15) is 10.4 Å². The van der Waals surface area contributed by atoms with Gasteiger partial charge in [-0.15, -0.1) is 0 Å². The number of methoxy groups -OCH3 is 2. The predicted octanol–water partition coefficient (Wildman–Crippen LogP) is 4.97. The lowest BCUT2D eigenvalue weighted by Crippen LogP contribution is -2.12. The number of carbonyl (C=O) groups excluding carboxylic acids is 1. The van der Waals surface area contributed by atoms with Crippen molar-refractivity contribution in [2.45, 2.75) is 6.61 Å². The second kappa shape index (κ2) is 8.35. The summed E-state index contributed by atoms with van der Waals surface area (Å²) < 4.78 is 39.7. The molecule has 0 fully saturated rings. The van der Waals surface area contributed by atoms with Gasteiger partial charge in [0, 0.05) is 11.3 Å². The minimum absolute atomic E-state index is 0.0518. The molecular formula is C16H13BrClF2NO4. The molecule has 0 atom stereocenters. The van der Waals surface area contributed by atoms with E-state index in [0.717, 1.165) is 0 Å². The van der Waals surface area contributed by atoms with Crippen molar-refractivity contribution in [3.8, 4) is 17.2 Å². The number of halogens is 4. The Kier molecular flexibility index (Phi) is 6.44. The van der Waals surface area contributed by atoms with Gasteiger partial charge in [-0.05, 0) is 46.3 Å². The lowest BCUT2D eigenvalue weighted by molar-refractivity contribution is -0.0497. The summed E-state index contributed by atoms with van der Waals surface area (Å²) in [7, 11) is 2.92. The van der Waals surface area contributed by atoms with E-state index in [1.807, 2.05) is 0 Å². The number of hydrogen-bond donors (Lipinski definition) is 1. The molecule has 25 heavy (non-hydrogen) atoms. The monoisotopic (exact) mass is 435 g/mol. The van der Waals surface area contributed by atoms with Gasteiger partial charge in [-0.3, -0.25) is 4.79 Å². The second-order valence-electron chi connectivity index (χ2n) is 4.67. The maximum absolute atomic E-state index is 12.4. The SMILES string of the molecule is COc1cc(C(=O)Nc2ccc(OC(F)F)c(Cl)c2)cc(OC)c1Br. The van der Waals surface area contributed by atoms with Gasteiger partial charge < -0.3 is 19.5 Å². The summed E-state index contributed by atoms with van der Waals surface area (Å²) in [5, 5.41) is 2.56. The van der Waals surface area contributed by atoms with Gasteiger partial charge in [0.25, 0.3) is 5.91 Å². The summed E-state index contributed by atoms with van der Waals surface area (Å²) in [5.74, 6) is 0.204. The van der Waals surface area contributed by atoms with E-state index >= 15 is 0 Å². The standard InChI is InChI=1S/C16H13BrClF2NO4/c1-23-12-5-8(6-13(24-2)14(12)17)15(22)21-9-3-4-11(10(18)7-9)25-16(19)20/h3-7,16H,1-2H3,(H,21,22). The molecule has 0 unspecified atom stereocenters. The first kappa shape index (κ1) is 19.3. The summed E-state index contributed by atoms with van der Waals surface area (Å²) in [4.78, 5) is 12.4. The summed E-state index contributed by atoms with van der Waals surface area (Å²) in [5.41, 5.74) is 0.596. The van der Waals surface area contributed by atoms with E-state index in [4.69, 9.17) is 21.1 Å². The molecule has 0 aliphatic heterocycles. The van der Waals surface area contributed by atoms with Gasteiger partial charge in [0.05, 0.1) is 19.2 Å². The first-order chi connectivity index (χ1) is 11.8. The number of alkyl halides is 2. The Morgan fingerprint density at radius 1 is 1.12 bits per heavy atom. The maximum Gasteiger partial charge on any atom is 0.387 e. The highest BCUT2D eigenvalue weighted by Crippen LogP contribution is 2.36. The molecule has 0 aliphatic rings. The number of carbonyl (C=O) groups is 1. The molecule has 0 radical (unpaired) electrons. The number of amides is 1. The fourth-order valence-corrected chi connectivity index (χ4v) is 2.75. The zero-order valence-electron chi connectivity index (χ0n) is 13.1. The van der Waals surface area contributed by atoms with Crippen molar-refractivity contribution in [2.75, 3.05) is 19.5 Å². The minimum atomic E-state index is -2.99. The molecule has 1 N–H and O–H groups in total.